The normalized spacial score (nSPS) is 16.4. The van der Waals surface area contributed by atoms with Crippen LogP contribution < -0.4 is 15.0 Å². The van der Waals surface area contributed by atoms with E-state index in [2.05, 4.69) is 39.4 Å². The first-order valence-corrected chi connectivity index (χ1v) is 12.0. The molecule has 1 N–H and O–H groups in total. The fourth-order valence-electron chi connectivity index (χ4n) is 4.13. The molecule has 0 spiro atoms. The molecule has 1 amide bonds. The van der Waals surface area contributed by atoms with E-state index in [4.69, 9.17) is 4.74 Å². The van der Waals surface area contributed by atoms with Gasteiger partial charge in [-0.1, -0.05) is 30.3 Å². The van der Waals surface area contributed by atoms with Crippen molar-refractivity contribution in [3.8, 4) is 5.75 Å². The zero-order valence-electron chi connectivity index (χ0n) is 18.2. The van der Waals surface area contributed by atoms with Crippen molar-refractivity contribution < 1.29 is 9.53 Å². The Kier molecular flexibility index (Phi) is 7.54. The van der Waals surface area contributed by atoms with Crippen molar-refractivity contribution in [2.75, 3.05) is 57.0 Å². The maximum absolute atomic E-state index is 12.5. The Labute approximate surface area is 189 Å². The second-order valence-corrected chi connectivity index (χ2v) is 8.98. The van der Waals surface area contributed by atoms with Crippen LogP contribution >= 0.6 is 11.8 Å². The molecule has 31 heavy (non-hydrogen) atoms. The number of para-hydroxylation sites is 2. The Morgan fingerprint density at radius 2 is 1.81 bits per heavy atom. The van der Waals surface area contributed by atoms with Crippen LogP contribution in [0.25, 0.3) is 6.08 Å². The summed E-state index contributed by atoms with van der Waals surface area (Å²) in [6, 6.07) is 16.5. The van der Waals surface area contributed by atoms with Crippen LogP contribution in [0, 0.1) is 0 Å². The van der Waals surface area contributed by atoms with Gasteiger partial charge in [-0.05, 0) is 49.2 Å². The Morgan fingerprint density at radius 1 is 1.03 bits per heavy atom. The first-order valence-electron chi connectivity index (χ1n) is 11.1. The Balaban J connectivity index is 1.14. The maximum Gasteiger partial charge on any atom is 0.248 e. The first-order chi connectivity index (χ1) is 15.2. The number of piperazine rings is 1. The number of anilines is 1. The predicted octanol–water partition coefficient (Wildman–Crippen LogP) is 3.90. The summed E-state index contributed by atoms with van der Waals surface area (Å²) in [5.41, 5.74) is 3.21. The van der Waals surface area contributed by atoms with Crippen molar-refractivity contribution in [2.45, 2.75) is 17.7 Å². The molecule has 6 heteroatoms. The molecular formula is C25H31N3O2S. The highest BCUT2D eigenvalue weighted by molar-refractivity contribution is 7.99. The number of unbranched alkanes of at least 4 members (excludes halogenated alkanes) is 1. The van der Waals surface area contributed by atoms with E-state index >= 15 is 0 Å². The van der Waals surface area contributed by atoms with Gasteiger partial charge in [0, 0.05) is 48.9 Å². The number of fused-ring (bicyclic) bond motifs is 1. The summed E-state index contributed by atoms with van der Waals surface area (Å²) < 4.78 is 5.50. The average Bonchev–Trinajstić information content (AvgIpc) is 2.83. The van der Waals surface area contributed by atoms with Gasteiger partial charge in [0.05, 0.1) is 12.8 Å². The van der Waals surface area contributed by atoms with Gasteiger partial charge < -0.3 is 15.0 Å². The number of nitrogens with one attached hydrogen (secondary N) is 1. The number of carbonyl (C=O) groups excluding carboxylic acids is 1. The van der Waals surface area contributed by atoms with Gasteiger partial charge in [0.15, 0.2) is 0 Å². The largest absolute Gasteiger partial charge is 0.495 e. The van der Waals surface area contributed by atoms with Gasteiger partial charge in [0.25, 0.3) is 0 Å². The molecular weight excluding hydrogens is 406 g/mol. The van der Waals surface area contributed by atoms with Crippen molar-refractivity contribution in [1.82, 2.24) is 10.2 Å². The van der Waals surface area contributed by atoms with Crippen molar-refractivity contribution >= 4 is 29.4 Å². The predicted molar refractivity (Wildman–Crippen MR) is 129 cm³/mol. The van der Waals surface area contributed by atoms with Gasteiger partial charge in [-0.3, -0.25) is 9.69 Å². The minimum atomic E-state index is 0.0763. The van der Waals surface area contributed by atoms with Crippen molar-refractivity contribution in [1.29, 1.82) is 0 Å². The molecule has 0 unspecified atom stereocenters. The molecule has 0 bridgehead atoms. The fourth-order valence-corrected chi connectivity index (χ4v) is 5.12. The van der Waals surface area contributed by atoms with E-state index < -0.39 is 0 Å². The number of hydrogen-bond donors (Lipinski definition) is 1. The van der Waals surface area contributed by atoms with E-state index in [9.17, 15) is 4.79 Å². The van der Waals surface area contributed by atoms with Gasteiger partial charge in [-0.2, -0.15) is 0 Å². The number of hydrogen-bond acceptors (Lipinski definition) is 5. The van der Waals surface area contributed by atoms with E-state index in [1.807, 2.05) is 30.3 Å². The molecule has 5 nitrogen and oxygen atoms in total. The van der Waals surface area contributed by atoms with Gasteiger partial charge in [-0.15, -0.1) is 11.8 Å². The molecule has 0 aliphatic carbocycles. The van der Waals surface area contributed by atoms with Crippen molar-refractivity contribution in [2.24, 2.45) is 0 Å². The zero-order valence-corrected chi connectivity index (χ0v) is 19.0. The molecule has 0 saturated carbocycles. The molecule has 2 aromatic carbocycles. The average molecular weight is 438 g/mol. The Morgan fingerprint density at radius 3 is 2.65 bits per heavy atom. The van der Waals surface area contributed by atoms with Crippen molar-refractivity contribution in [3.63, 3.8) is 0 Å². The fraction of sp³-hybridized carbons (Fsp3) is 0.400. The van der Waals surface area contributed by atoms with Crippen molar-refractivity contribution in [3.05, 3.63) is 59.7 Å². The lowest BCUT2D eigenvalue weighted by molar-refractivity contribution is -0.117. The minimum absolute atomic E-state index is 0.0763. The number of rotatable bonds is 8. The summed E-state index contributed by atoms with van der Waals surface area (Å²) in [5.74, 6) is 1.77. The third-order valence-electron chi connectivity index (χ3n) is 5.91. The number of thioether (sulfide) groups is 1. The minimum Gasteiger partial charge on any atom is -0.495 e. The van der Waals surface area contributed by atoms with Crippen LogP contribution in [0.2, 0.25) is 0 Å². The summed E-state index contributed by atoms with van der Waals surface area (Å²) >= 11 is 1.74. The maximum atomic E-state index is 12.5. The number of ether oxygens (including phenoxy) is 1. The molecule has 0 radical (unpaired) electrons. The smallest absolute Gasteiger partial charge is 0.248 e. The number of amides is 1. The lowest BCUT2D eigenvalue weighted by Gasteiger charge is -2.36. The Bertz CT molecular complexity index is 922. The number of carbonyl (C=O) groups is 1. The number of nitrogens with zero attached hydrogens (tertiary/aromatic N) is 2. The van der Waals surface area contributed by atoms with E-state index in [1.165, 1.54) is 10.6 Å². The highest BCUT2D eigenvalue weighted by Gasteiger charge is 2.19. The molecule has 2 aromatic rings. The molecule has 0 atom stereocenters. The Hall–Kier alpha value is -2.44. The molecule has 1 saturated heterocycles. The monoisotopic (exact) mass is 437 g/mol. The van der Waals surface area contributed by atoms with Crippen LogP contribution in [0.3, 0.4) is 0 Å². The number of benzene rings is 2. The van der Waals surface area contributed by atoms with E-state index in [1.54, 1.807) is 18.9 Å². The topological polar surface area (TPSA) is 44.8 Å². The van der Waals surface area contributed by atoms with Crippen LogP contribution in [0.5, 0.6) is 5.75 Å². The summed E-state index contributed by atoms with van der Waals surface area (Å²) in [7, 11) is 1.73. The lowest BCUT2D eigenvalue weighted by atomic mass is 10.1. The summed E-state index contributed by atoms with van der Waals surface area (Å²) in [6.45, 7) is 5.99. The molecule has 2 heterocycles. The summed E-state index contributed by atoms with van der Waals surface area (Å²) in [6.07, 6.45) is 4.14. The molecule has 2 aliphatic heterocycles. The molecule has 0 aromatic heterocycles. The van der Waals surface area contributed by atoms with Gasteiger partial charge in [-0.25, -0.2) is 0 Å². The molecule has 4 rings (SSSR count). The SMILES string of the molecule is COc1ccccc1N1CCN(CCCCNC(=O)C2=Cc3ccccc3SC2)CC1. The van der Waals surface area contributed by atoms with Crippen LogP contribution in [0.1, 0.15) is 18.4 Å². The number of methoxy groups -OCH3 is 1. The van der Waals surface area contributed by atoms with Gasteiger partial charge >= 0.3 is 0 Å². The first kappa shape index (κ1) is 21.8. The standard InChI is InChI=1S/C25H31N3O2S/c1-30-23-10-4-3-9-22(23)28-16-14-27(15-17-28)13-7-6-12-26-25(29)21-18-20-8-2-5-11-24(20)31-19-21/h2-5,8-11,18H,6-7,12-17,19H2,1H3,(H,26,29). The van der Waals surface area contributed by atoms with E-state index in [0.29, 0.717) is 0 Å². The molecule has 1 fully saturated rings. The van der Waals surface area contributed by atoms with Crippen LogP contribution in [-0.2, 0) is 4.79 Å². The van der Waals surface area contributed by atoms with Gasteiger partial charge in [0.1, 0.15) is 5.75 Å². The second-order valence-electron chi connectivity index (χ2n) is 7.96. The summed E-state index contributed by atoms with van der Waals surface area (Å²) in [5, 5.41) is 3.10. The van der Waals surface area contributed by atoms with E-state index in [0.717, 1.165) is 74.7 Å². The quantitative estimate of drug-likeness (QED) is 0.635. The van der Waals surface area contributed by atoms with Gasteiger partial charge in [0.2, 0.25) is 5.91 Å². The highest BCUT2D eigenvalue weighted by atomic mass is 32.2. The third-order valence-corrected chi connectivity index (χ3v) is 7.05. The van der Waals surface area contributed by atoms with E-state index in [-0.39, 0.29) is 5.91 Å². The highest BCUT2D eigenvalue weighted by Crippen LogP contribution is 2.31. The second kappa shape index (κ2) is 10.7. The molecule has 2 aliphatic rings. The summed E-state index contributed by atoms with van der Waals surface area (Å²) in [4.78, 5) is 18.7. The third kappa shape index (κ3) is 5.63. The zero-order chi connectivity index (χ0) is 21.5. The molecule has 164 valence electrons. The van der Waals surface area contributed by atoms with Crippen LogP contribution in [0.15, 0.2) is 59.0 Å². The van der Waals surface area contributed by atoms with Crippen LogP contribution in [-0.4, -0.2) is 62.9 Å². The lowest BCUT2D eigenvalue weighted by Crippen LogP contribution is -2.46. The van der Waals surface area contributed by atoms with Crippen LogP contribution in [0.4, 0.5) is 5.69 Å².